The average Bonchev–Trinajstić information content (AvgIpc) is 2.28. The Balaban J connectivity index is 2.60. The molecule has 1 N–H and O–H groups in total. The zero-order chi connectivity index (χ0) is 13.8. The number of nitrogens with one attached hydrogen (secondary N) is 1. The third kappa shape index (κ3) is 4.64. The molecule has 0 aromatic carbocycles. The molecule has 18 heavy (non-hydrogen) atoms. The van der Waals surface area contributed by atoms with Crippen LogP contribution in [0.1, 0.15) is 34.1 Å². The fraction of sp³-hybridized carbons (Fsp3) is 0.538. The summed E-state index contributed by atoms with van der Waals surface area (Å²) in [4.78, 5) is 15.9. The van der Waals surface area contributed by atoms with Crippen LogP contribution in [0.15, 0.2) is 22.9 Å². The number of hydrogen-bond acceptors (Lipinski definition) is 3. The number of carbonyl (C=O) groups is 1. The van der Waals surface area contributed by atoms with Crippen LogP contribution in [0, 0.1) is 0 Å². The van der Waals surface area contributed by atoms with Gasteiger partial charge in [0.05, 0.1) is 6.20 Å². The first-order chi connectivity index (χ1) is 8.34. The normalized spacial score (nSPS) is 12.9. The molecule has 5 heteroatoms. The molecule has 0 bridgehead atoms. The highest BCUT2D eigenvalue weighted by Gasteiger charge is 2.22. The van der Waals surface area contributed by atoms with Crippen molar-refractivity contribution in [3.63, 3.8) is 0 Å². The van der Waals surface area contributed by atoms with Crippen LogP contribution in [0.3, 0.4) is 0 Å². The molecule has 1 rings (SSSR count). The third-order valence-corrected chi connectivity index (χ3v) is 3.14. The Morgan fingerprint density at radius 3 is 2.78 bits per heavy atom. The van der Waals surface area contributed by atoms with Crippen molar-refractivity contribution in [2.45, 2.75) is 45.8 Å². The fourth-order valence-corrected chi connectivity index (χ4v) is 1.58. The van der Waals surface area contributed by atoms with Gasteiger partial charge in [-0.15, -0.1) is 0 Å². The van der Waals surface area contributed by atoms with E-state index in [2.05, 4.69) is 26.2 Å². The largest absolute Gasteiger partial charge is 0.479 e. The maximum atomic E-state index is 11.9. The lowest BCUT2D eigenvalue weighted by Gasteiger charge is -2.26. The van der Waals surface area contributed by atoms with Gasteiger partial charge in [0.2, 0.25) is 0 Å². The van der Waals surface area contributed by atoms with E-state index < -0.39 is 6.10 Å². The maximum absolute atomic E-state index is 11.9. The molecule has 1 heterocycles. The summed E-state index contributed by atoms with van der Waals surface area (Å²) in [6.45, 7) is 7.72. The summed E-state index contributed by atoms with van der Waals surface area (Å²) in [5.74, 6) is 0.447. The van der Waals surface area contributed by atoms with Crippen molar-refractivity contribution in [1.29, 1.82) is 0 Å². The lowest BCUT2D eigenvalue weighted by atomic mass is 10.0. The molecule has 0 radical (unpaired) electrons. The monoisotopic (exact) mass is 314 g/mol. The van der Waals surface area contributed by atoms with Crippen molar-refractivity contribution in [3.05, 3.63) is 22.9 Å². The van der Waals surface area contributed by atoms with Crippen molar-refractivity contribution in [2.24, 2.45) is 0 Å². The van der Waals surface area contributed by atoms with Gasteiger partial charge in [-0.1, -0.05) is 6.92 Å². The highest BCUT2D eigenvalue weighted by Crippen LogP contribution is 2.17. The number of aromatic nitrogens is 1. The van der Waals surface area contributed by atoms with E-state index in [-0.39, 0.29) is 11.4 Å². The van der Waals surface area contributed by atoms with Crippen LogP contribution >= 0.6 is 15.9 Å². The predicted octanol–water partition coefficient (Wildman–Crippen LogP) is 2.92. The van der Waals surface area contributed by atoms with E-state index >= 15 is 0 Å². The van der Waals surface area contributed by atoms with Gasteiger partial charge in [0.1, 0.15) is 5.75 Å². The molecule has 0 spiro atoms. The Morgan fingerprint density at radius 2 is 2.22 bits per heavy atom. The van der Waals surface area contributed by atoms with Gasteiger partial charge in [-0.25, -0.2) is 0 Å². The molecule has 4 nitrogen and oxygen atoms in total. The highest BCUT2D eigenvalue weighted by atomic mass is 79.9. The van der Waals surface area contributed by atoms with E-state index in [1.807, 2.05) is 20.8 Å². The number of hydrogen-bond donors (Lipinski definition) is 1. The van der Waals surface area contributed by atoms with Gasteiger partial charge < -0.3 is 10.1 Å². The third-order valence-electron chi connectivity index (χ3n) is 2.71. The minimum Gasteiger partial charge on any atom is -0.479 e. The lowest BCUT2D eigenvalue weighted by molar-refractivity contribution is -0.128. The maximum Gasteiger partial charge on any atom is 0.261 e. The van der Waals surface area contributed by atoms with Gasteiger partial charge in [0, 0.05) is 16.2 Å². The van der Waals surface area contributed by atoms with Crippen LogP contribution in [0.4, 0.5) is 0 Å². The van der Waals surface area contributed by atoms with Crippen molar-refractivity contribution >= 4 is 21.8 Å². The molecule has 0 saturated heterocycles. The lowest BCUT2D eigenvalue weighted by Crippen LogP contribution is -2.48. The summed E-state index contributed by atoms with van der Waals surface area (Å²) >= 11 is 3.31. The number of ether oxygens (including phenoxy) is 1. The first kappa shape index (κ1) is 15.0. The summed E-state index contributed by atoms with van der Waals surface area (Å²) in [6.07, 6.45) is 3.56. The molecule has 100 valence electrons. The predicted molar refractivity (Wildman–Crippen MR) is 74.5 cm³/mol. The molecule has 0 aliphatic heterocycles. The molecule has 1 aromatic heterocycles. The standard InChI is InChI=1S/C13H19BrN2O2/c1-5-13(3,4)16-12(17)9(2)18-11-6-10(14)7-15-8-11/h6-9H,5H2,1-4H3,(H,16,17). The van der Waals surface area contributed by atoms with Gasteiger partial charge in [-0.05, 0) is 49.2 Å². The molecule has 1 unspecified atom stereocenters. The van der Waals surface area contributed by atoms with Crippen LogP contribution in [0.2, 0.25) is 0 Å². The minimum absolute atomic E-state index is 0.123. The molecule has 1 amide bonds. The number of carbonyl (C=O) groups excluding carboxylic acids is 1. The Labute approximate surface area is 116 Å². The molecule has 0 aliphatic rings. The molecule has 0 saturated carbocycles. The number of nitrogens with zero attached hydrogens (tertiary/aromatic N) is 1. The van der Waals surface area contributed by atoms with Crippen LogP contribution < -0.4 is 10.1 Å². The van der Waals surface area contributed by atoms with Crippen LogP contribution in [-0.2, 0) is 4.79 Å². The van der Waals surface area contributed by atoms with Crippen molar-refractivity contribution in [1.82, 2.24) is 10.3 Å². The summed E-state index contributed by atoms with van der Waals surface area (Å²) in [5, 5.41) is 2.94. The summed E-state index contributed by atoms with van der Waals surface area (Å²) < 4.78 is 6.36. The Hall–Kier alpha value is -1.10. The van der Waals surface area contributed by atoms with E-state index in [9.17, 15) is 4.79 Å². The van der Waals surface area contributed by atoms with Gasteiger partial charge >= 0.3 is 0 Å². The summed E-state index contributed by atoms with van der Waals surface area (Å²) in [5.41, 5.74) is -0.218. The van der Waals surface area contributed by atoms with E-state index in [0.717, 1.165) is 10.9 Å². The first-order valence-corrected chi connectivity index (χ1v) is 6.72. The Morgan fingerprint density at radius 1 is 1.56 bits per heavy atom. The van der Waals surface area contributed by atoms with Crippen molar-refractivity contribution in [3.8, 4) is 5.75 Å². The molecular formula is C13H19BrN2O2. The van der Waals surface area contributed by atoms with Gasteiger partial charge in [-0.3, -0.25) is 9.78 Å². The Bertz CT molecular complexity index is 421. The molecule has 1 atom stereocenters. The van der Waals surface area contributed by atoms with E-state index in [1.165, 1.54) is 0 Å². The zero-order valence-corrected chi connectivity index (χ0v) is 12.7. The summed E-state index contributed by atoms with van der Waals surface area (Å²) in [6, 6.07) is 1.78. The quantitative estimate of drug-likeness (QED) is 0.909. The number of rotatable bonds is 5. The second-order valence-electron chi connectivity index (χ2n) is 4.83. The number of halogens is 1. The van der Waals surface area contributed by atoms with Crippen LogP contribution in [0.5, 0.6) is 5.75 Å². The van der Waals surface area contributed by atoms with E-state index in [0.29, 0.717) is 5.75 Å². The second kappa shape index (κ2) is 6.18. The first-order valence-electron chi connectivity index (χ1n) is 5.93. The highest BCUT2D eigenvalue weighted by molar-refractivity contribution is 9.10. The average molecular weight is 315 g/mol. The number of pyridine rings is 1. The molecule has 0 fully saturated rings. The van der Waals surface area contributed by atoms with Gasteiger partial charge in [-0.2, -0.15) is 0 Å². The number of amides is 1. The van der Waals surface area contributed by atoms with Crippen molar-refractivity contribution in [2.75, 3.05) is 0 Å². The Kier molecular flexibility index (Phi) is 5.14. The topological polar surface area (TPSA) is 51.2 Å². The molecule has 1 aromatic rings. The van der Waals surface area contributed by atoms with Crippen LogP contribution in [-0.4, -0.2) is 22.5 Å². The summed E-state index contributed by atoms with van der Waals surface area (Å²) in [7, 11) is 0. The van der Waals surface area contributed by atoms with Gasteiger partial charge in [0.25, 0.3) is 5.91 Å². The zero-order valence-electron chi connectivity index (χ0n) is 11.2. The van der Waals surface area contributed by atoms with E-state index in [1.54, 1.807) is 25.4 Å². The molecule has 0 aliphatic carbocycles. The van der Waals surface area contributed by atoms with Crippen LogP contribution in [0.25, 0.3) is 0 Å². The molecular weight excluding hydrogens is 296 g/mol. The second-order valence-corrected chi connectivity index (χ2v) is 5.74. The fourth-order valence-electron chi connectivity index (χ4n) is 1.24. The minimum atomic E-state index is -0.549. The van der Waals surface area contributed by atoms with Crippen molar-refractivity contribution < 1.29 is 9.53 Å². The van der Waals surface area contributed by atoms with E-state index in [4.69, 9.17) is 4.74 Å². The smallest absolute Gasteiger partial charge is 0.261 e. The SMILES string of the molecule is CCC(C)(C)NC(=O)C(C)Oc1cncc(Br)c1. The van der Waals surface area contributed by atoms with Gasteiger partial charge in [0.15, 0.2) is 6.10 Å².